The molecule has 104 valence electrons. The SMILES string of the molecule is COC(=O)[C@]12C(=O)CCC(C)(C)[C@H]1C(=O)C=C[C@@H]2O. The van der Waals surface area contributed by atoms with Gasteiger partial charge in [0.1, 0.15) is 0 Å². The summed E-state index contributed by atoms with van der Waals surface area (Å²) in [5.74, 6) is -2.39. The average Bonchev–Trinajstić information content (AvgIpc) is 2.36. The second-order valence-corrected chi connectivity index (χ2v) is 5.91. The molecule has 0 amide bonds. The van der Waals surface area contributed by atoms with Gasteiger partial charge in [0.2, 0.25) is 0 Å². The predicted molar refractivity (Wildman–Crippen MR) is 66.1 cm³/mol. The maximum absolute atomic E-state index is 12.3. The van der Waals surface area contributed by atoms with E-state index in [2.05, 4.69) is 0 Å². The molecule has 1 saturated carbocycles. The number of ketones is 2. The number of allylic oxidation sites excluding steroid dienone is 1. The van der Waals surface area contributed by atoms with Crippen molar-refractivity contribution in [1.29, 1.82) is 0 Å². The Labute approximate surface area is 111 Å². The van der Waals surface area contributed by atoms with E-state index in [1.54, 1.807) is 0 Å². The Bertz CT molecular complexity index is 466. The van der Waals surface area contributed by atoms with E-state index < -0.39 is 34.6 Å². The van der Waals surface area contributed by atoms with Crippen LogP contribution in [0, 0.1) is 16.7 Å². The summed E-state index contributed by atoms with van der Waals surface area (Å²) >= 11 is 0. The van der Waals surface area contributed by atoms with Gasteiger partial charge in [-0.1, -0.05) is 19.9 Å². The minimum absolute atomic E-state index is 0.163. The molecule has 2 rings (SSSR count). The minimum Gasteiger partial charge on any atom is -0.468 e. The smallest absolute Gasteiger partial charge is 0.323 e. The number of fused-ring (bicyclic) bond motifs is 1. The van der Waals surface area contributed by atoms with E-state index in [9.17, 15) is 19.5 Å². The molecule has 5 heteroatoms. The molecule has 0 aromatic rings. The molecule has 19 heavy (non-hydrogen) atoms. The van der Waals surface area contributed by atoms with Gasteiger partial charge in [-0.3, -0.25) is 14.4 Å². The summed E-state index contributed by atoms with van der Waals surface area (Å²) in [5, 5.41) is 10.2. The monoisotopic (exact) mass is 266 g/mol. The van der Waals surface area contributed by atoms with Crippen LogP contribution in [0.1, 0.15) is 26.7 Å². The van der Waals surface area contributed by atoms with Gasteiger partial charge in [-0.15, -0.1) is 0 Å². The molecule has 2 aliphatic rings. The summed E-state index contributed by atoms with van der Waals surface area (Å²) in [4.78, 5) is 36.7. The Kier molecular flexibility index (Phi) is 3.13. The number of rotatable bonds is 1. The normalized spacial score (nSPS) is 36.8. The van der Waals surface area contributed by atoms with Crippen molar-refractivity contribution in [3.8, 4) is 0 Å². The first kappa shape index (κ1) is 13.9. The van der Waals surface area contributed by atoms with Crippen molar-refractivity contribution in [3.63, 3.8) is 0 Å². The molecule has 0 saturated heterocycles. The van der Waals surface area contributed by atoms with Gasteiger partial charge in [0, 0.05) is 6.42 Å². The van der Waals surface area contributed by atoms with E-state index in [1.165, 1.54) is 19.3 Å². The minimum atomic E-state index is -1.78. The molecule has 0 aromatic heterocycles. The molecule has 2 aliphatic carbocycles. The van der Waals surface area contributed by atoms with Crippen LogP contribution in [-0.4, -0.2) is 35.9 Å². The molecule has 0 heterocycles. The van der Waals surface area contributed by atoms with Crippen LogP contribution in [0.5, 0.6) is 0 Å². The Morgan fingerprint density at radius 3 is 2.63 bits per heavy atom. The van der Waals surface area contributed by atoms with Crippen molar-refractivity contribution in [2.24, 2.45) is 16.7 Å². The number of methoxy groups -OCH3 is 1. The third-order valence-electron chi connectivity index (χ3n) is 4.41. The van der Waals surface area contributed by atoms with Crippen LogP contribution in [-0.2, 0) is 19.1 Å². The summed E-state index contributed by atoms with van der Waals surface area (Å²) < 4.78 is 4.73. The van der Waals surface area contributed by atoms with Gasteiger partial charge < -0.3 is 9.84 Å². The molecule has 1 N–H and O–H groups in total. The first-order valence-corrected chi connectivity index (χ1v) is 6.30. The first-order valence-electron chi connectivity index (χ1n) is 6.30. The quantitative estimate of drug-likeness (QED) is 0.557. The van der Waals surface area contributed by atoms with E-state index in [1.807, 2.05) is 13.8 Å². The van der Waals surface area contributed by atoms with Gasteiger partial charge in [0.15, 0.2) is 17.0 Å². The Hall–Kier alpha value is -1.49. The Morgan fingerprint density at radius 2 is 2.05 bits per heavy atom. The average molecular weight is 266 g/mol. The van der Waals surface area contributed by atoms with Crippen molar-refractivity contribution < 1.29 is 24.2 Å². The molecule has 0 radical (unpaired) electrons. The summed E-state index contributed by atoms with van der Waals surface area (Å²) in [6.07, 6.45) is 1.85. The van der Waals surface area contributed by atoms with Gasteiger partial charge in [-0.05, 0) is 17.9 Å². The van der Waals surface area contributed by atoms with E-state index in [4.69, 9.17) is 4.74 Å². The lowest BCUT2D eigenvalue weighted by molar-refractivity contribution is -0.183. The maximum atomic E-state index is 12.3. The van der Waals surface area contributed by atoms with E-state index in [-0.39, 0.29) is 12.2 Å². The fraction of sp³-hybridized carbons (Fsp3) is 0.643. The number of esters is 1. The highest BCUT2D eigenvalue weighted by molar-refractivity contribution is 6.12. The summed E-state index contributed by atoms with van der Waals surface area (Å²) in [5.41, 5.74) is -2.31. The zero-order valence-corrected chi connectivity index (χ0v) is 11.3. The van der Waals surface area contributed by atoms with Gasteiger partial charge in [-0.2, -0.15) is 0 Å². The van der Waals surface area contributed by atoms with Crippen LogP contribution >= 0.6 is 0 Å². The van der Waals surface area contributed by atoms with Gasteiger partial charge in [0.05, 0.1) is 19.1 Å². The van der Waals surface area contributed by atoms with Crippen LogP contribution in [0.2, 0.25) is 0 Å². The largest absolute Gasteiger partial charge is 0.468 e. The molecule has 5 nitrogen and oxygen atoms in total. The molecule has 0 aromatic carbocycles. The van der Waals surface area contributed by atoms with Gasteiger partial charge in [0.25, 0.3) is 0 Å². The van der Waals surface area contributed by atoms with Crippen molar-refractivity contribution in [2.45, 2.75) is 32.8 Å². The number of hydrogen-bond donors (Lipinski definition) is 1. The van der Waals surface area contributed by atoms with E-state index in [0.29, 0.717) is 6.42 Å². The number of carbonyl (C=O) groups excluding carboxylic acids is 3. The predicted octanol–water partition coefficient (Wildman–Crippen LogP) is 0.651. The number of Topliss-reactive ketones (excluding diaryl/α,β-unsaturated/α-hetero) is 1. The van der Waals surface area contributed by atoms with Crippen LogP contribution in [0.15, 0.2) is 12.2 Å². The second-order valence-electron chi connectivity index (χ2n) is 5.91. The molecule has 0 aliphatic heterocycles. The highest BCUT2D eigenvalue weighted by Crippen LogP contribution is 2.54. The van der Waals surface area contributed by atoms with Crippen molar-refractivity contribution in [1.82, 2.24) is 0 Å². The third kappa shape index (κ3) is 1.68. The zero-order chi connectivity index (χ0) is 14.4. The molecular formula is C14H18O5. The molecular weight excluding hydrogens is 248 g/mol. The standard InChI is InChI=1S/C14H18O5/c1-13(2)7-6-10(17)14(12(18)19-3)9(16)5-4-8(15)11(13)14/h4-5,9,11,16H,6-7H2,1-3H3/t9-,11+,14+/m0/s1. The Morgan fingerprint density at radius 1 is 1.42 bits per heavy atom. The fourth-order valence-electron chi connectivity index (χ4n) is 3.46. The highest BCUT2D eigenvalue weighted by atomic mass is 16.5. The molecule has 0 spiro atoms. The second kappa shape index (κ2) is 4.27. The molecule has 1 fully saturated rings. The summed E-state index contributed by atoms with van der Waals surface area (Å²) in [7, 11) is 1.17. The van der Waals surface area contributed by atoms with E-state index in [0.717, 1.165) is 0 Å². The number of hydrogen-bond acceptors (Lipinski definition) is 5. The lowest BCUT2D eigenvalue weighted by Crippen LogP contribution is -2.63. The molecule has 0 unspecified atom stereocenters. The number of aliphatic hydroxyl groups excluding tert-OH is 1. The van der Waals surface area contributed by atoms with Crippen molar-refractivity contribution in [2.75, 3.05) is 7.11 Å². The van der Waals surface area contributed by atoms with Gasteiger partial charge >= 0.3 is 5.97 Å². The summed E-state index contributed by atoms with van der Waals surface area (Å²) in [6.45, 7) is 3.68. The lowest BCUT2D eigenvalue weighted by Gasteiger charge is -2.50. The fourth-order valence-corrected chi connectivity index (χ4v) is 3.46. The third-order valence-corrected chi connectivity index (χ3v) is 4.41. The number of ether oxygens (including phenoxy) is 1. The van der Waals surface area contributed by atoms with Crippen molar-refractivity contribution >= 4 is 17.5 Å². The highest BCUT2D eigenvalue weighted by Gasteiger charge is 2.66. The van der Waals surface area contributed by atoms with Crippen molar-refractivity contribution in [3.05, 3.63) is 12.2 Å². The number of carbonyl (C=O) groups is 3. The zero-order valence-electron chi connectivity index (χ0n) is 11.3. The molecule has 0 bridgehead atoms. The van der Waals surface area contributed by atoms with Crippen LogP contribution < -0.4 is 0 Å². The molecule has 3 atom stereocenters. The van der Waals surface area contributed by atoms with Crippen LogP contribution in [0.25, 0.3) is 0 Å². The van der Waals surface area contributed by atoms with Gasteiger partial charge in [-0.25, -0.2) is 0 Å². The Balaban J connectivity index is 2.69. The topological polar surface area (TPSA) is 80.7 Å². The summed E-state index contributed by atoms with van der Waals surface area (Å²) in [6, 6.07) is 0. The first-order chi connectivity index (χ1) is 8.78. The van der Waals surface area contributed by atoms with Crippen LogP contribution in [0.4, 0.5) is 0 Å². The maximum Gasteiger partial charge on any atom is 0.323 e. The number of aliphatic hydroxyl groups is 1. The lowest BCUT2D eigenvalue weighted by atomic mass is 9.50. The van der Waals surface area contributed by atoms with Crippen LogP contribution in [0.3, 0.4) is 0 Å². The van der Waals surface area contributed by atoms with E-state index >= 15 is 0 Å².